The molecule has 1 saturated heterocycles. The van der Waals surface area contributed by atoms with Gasteiger partial charge in [-0.1, -0.05) is 18.2 Å². The molecule has 1 aliphatic rings. The van der Waals surface area contributed by atoms with Gasteiger partial charge in [-0.15, -0.1) is 0 Å². The molecule has 2 aromatic rings. The molecule has 6 nitrogen and oxygen atoms in total. The van der Waals surface area contributed by atoms with Crippen molar-refractivity contribution < 1.29 is 14.3 Å². The van der Waals surface area contributed by atoms with E-state index in [-0.39, 0.29) is 12.0 Å². The van der Waals surface area contributed by atoms with E-state index in [9.17, 15) is 9.59 Å². The van der Waals surface area contributed by atoms with E-state index < -0.39 is 0 Å². The summed E-state index contributed by atoms with van der Waals surface area (Å²) in [6.07, 6.45) is 3.76. The maximum atomic E-state index is 12.9. The minimum absolute atomic E-state index is 0.0340. The molecule has 2 amide bonds. The second kappa shape index (κ2) is 7.79. The maximum Gasteiger partial charge on any atom is 0.337 e. The molecule has 3 rings (SSSR count). The van der Waals surface area contributed by atoms with E-state index in [0.29, 0.717) is 17.9 Å². The summed E-state index contributed by atoms with van der Waals surface area (Å²) in [6.45, 7) is 1.96. The van der Waals surface area contributed by atoms with Crippen LogP contribution in [0, 0.1) is 0 Å². The van der Waals surface area contributed by atoms with Crippen LogP contribution in [-0.4, -0.2) is 42.1 Å². The summed E-state index contributed by atoms with van der Waals surface area (Å²) in [5, 5.41) is 0. The quantitative estimate of drug-likeness (QED) is 0.803. The van der Waals surface area contributed by atoms with E-state index in [1.807, 2.05) is 35.2 Å². The summed E-state index contributed by atoms with van der Waals surface area (Å²) in [5.41, 5.74) is 1.41. The van der Waals surface area contributed by atoms with Gasteiger partial charge >= 0.3 is 12.0 Å². The van der Waals surface area contributed by atoms with Gasteiger partial charge in [-0.3, -0.25) is 4.90 Å². The van der Waals surface area contributed by atoms with Gasteiger partial charge in [-0.25, -0.2) is 14.6 Å². The van der Waals surface area contributed by atoms with Crippen LogP contribution >= 0.6 is 0 Å². The standard InChI is InChI=1S/C19H21N3O3/c1-25-18(23)16-9-7-15(8-10-16)14-22(17-6-2-3-11-20-17)19(24)21-12-4-5-13-21/h2-3,6-11H,4-5,12-14H2,1H3. The summed E-state index contributed by atoms with van der Waals surface area (Å²) in [6, 6.07) is 12.6. The van der Waals surface area contributed by atoms with Crippen molar-refractivity contribution in [2.24, 2.45) is 0 Å². The number of pyridine rings is 1. The number of benzene rings is 1. The number of carbonyl (C=O) groups excluding carboxylic acids is 2. The first-order valence-corrected chi connectivity index (χ1v) is 8.34. The Labute approximate surface area is 147 Å². The van der Waals surface area contributed by atoms with Gasteiger partial charge < -0.3 is 9.64 Å². The van der Waals surface area contributed by atoms with Crippen LogP contribution in [0.5, 0.6) is 0 Å². The van der Waals surface area contributed by atoms with E-state index >= 15 is 0 Å². The second-order valence-electron chi connectivity index (χ2n) is 5.94. The normalized spacial score (nSPS) is 13.6. The van der Waals surface area contributed by atoms with Crippen LogP contribution in [0.3, 0.4) is 0 Å². The van der Waals surface area contributed by atoms with Crippen LogP contribution < -0.4 is 4.90 Å². The molecule has 1 aliphatic heterocycles. The van der Waals surface area contributed by atoms with E-state index in [1.165, 1.54) is 7.11 Å². The fraction of sp³-hybridized carbons (Fsp3) is 0.316. The molecule has 0 N–H and O–H groups in total. The topological polar surface area (TPSA) is 62.7 Å². The first kappa shape index (κ1) is 17.0. The van der Waals surface area contributed by atoms with Crippen molar-refractivity contribution >= 4 is 17.8 Å². The van der Waals surface area contributed by atoms with Crippen LogP contribution in [0.4, 0.5) is 10.6 Å². The molecule has 0 unspecified atom stereocenters. The summed E-state index contributed by atoms with van der Waals surface area (Å²) in [7, 11) is 1.35. The zero-order valence-corrected chi connectivity index (χ0v) is 14.2. The van der Waals surface area contributed by atoms with Crippen LogP contribution in [0.15, 0.2) is 48.7 Å². The summed E-state index contributed by atoms with van der Waals surface area (Å²) >= 11 is 0. The Kier molecular flexibility index (Phi) is 5.28. The maximum absolute atomic E-state index is 12.9. The minimum Gasteiger partial charge on any atom is -0.465 e. The Hall–Kier alpha value is -2.89. The molecule has 0 aliphatic carbocycles. The lowest BCUT2D eigenvalue weighted by Gasteiger charge is -2.27. The molecule has 0 atom stereocenters. The molecule has 0 radical (unpaired) electrons. The average molecular weight is 339 g/mol. The van der Waals surface area contributed by atoms with Crippen LogP contribution in [-0.2, 0) is 11.3 Å². The Balaban J connectivity index is 1.82. The molecule has 1 aromatic heterocycles. The molecular formula is C19H21N3O3. The lowest BCUT2D eigenvalue weighted by molar-refractivity contribution is 0.0600. The average Bonchev–Trinajstić information content (AvgIpc) is 3.21. The van der Waals surface area contributed by atoms with E-state index in [4.69, 9.17) is 4.74 Å². The fourth-order valence-corrected chi connectivity index (χ4v) is 2.89. The third-order valence-corrected chi connectivity index (χ3v) is 4.25. The number of aromatic nitrogens is 1. The lowest BCUT2D eigenvalue weighted by Crippen LogP contribution is -2.41. The predicted molar refractivity (Wildman–Crippen MR) is 94.4 cm³/mol. The van der Waals surface area contributed by atoms with Gasteiger partial charge in [0.05, 0.1) is 19.2 Å². The number of anilines is 1. The number of hydrogen-bond acceptors (Lipinski definition) is 4. The van der Waals surface area contributed by atoms with E-state index in [1.54, 1.807) is 23.2 Å². The smallest absolute Gasteiger partial charge is 0.337 e. The second-order valence-corrected chi connectivity index (χ2v) is 5.94. The molecule has 0 bridgehead atoms. The number of urea groups is 1. The molecule has 6 heteroatoms. The number of methoxy groups -OCH3 is 1. The Morgan fingerprint density at radius 2 is 1.84 bits per heavy atom. The van der Waals surface area contributed by atoms with Crippen molar-refractivity contribution in [3.63, 3.8) is 0 Å². The number of nitrogens with zero attached hydrogens (tertiary/aromatic N) is 3. The van der Waals surface area contributed by atoms with Crippen molar-refractivity contribution in [2.75, 3.05) is 25.1 Å². The van der Waals surface area contributed by atoms with Gasteiger partial charge in [0.2, 0.25) is 0 Å². The van der Waals surface area contributed by atoms with Gasteiger partial charge in [0.1, 0.15) is 5.82 Å². The summed E-state index contributed by atoms with van der Waals surface area (Å²) < 4.78 is 4.71. The van der Waals surface area contributed by atoms with Gasteiger partial charge in [0.25, 0.3) is 0 Å². The van der Waals surface area contributed by atoms with Gasteiger partial charge in [0.15, 0.2) is 0 Å². The summed E-state index contributed by atoms with van der Waals surface area (Å²) in [4.78, 5) is 32.3. The van der Waals surface area contributed by atoms with Crippen molar-refractivity contribution in [2.45, 2.75) is 19.4 Å². The number of amides is 2. The van der Waals surface area contributed by atoms with E-state index in [2.05, 4.69) is 4.98 Å². The number of ether oxygens (including phenoxy) is 1. The van der Waals surface area contributed by atoms with Gasteiger partial charge in [-0.2, -0.15) is 0 Å². The first-order chi connectivity index (χ1) is 12.2. The Morgan fingerprint density at radius 3 is 2.44 bits per heavy atom. The fourth-order valence-electron chi connectivity index (χ4n) is 2.89. The molecule has 25 heavy (non-hydrogen) atoms. The molecular weight excluding hydrogens is 318 g/mol. The van der Waals surface area contributed by atoms with Gasteiger partial charge in [0, 0.05) is 19.3 Å². The number of hydrogen-bond donors (Lipinski definition) is 0. The monoisotopic (exact) mass is 339 g/mol. The van der Waals surface area contributed by atoms with Crippen LogP contribution in [0.2, 0.25) is 0 Å². The van der Waals surface area contributed by atoms with Crippen molar-refractivity contribution in [1.82, 2.24) is 9.88 Å². The molecule has 1 aromatic carbocycles. The van der Waals surface area contributed by atoms with Gasteiger partial charge in [-0.05, 0) is 42.7 Å². The lowest BCUT2D eigenvalue weighted by atomic mass is 10.1. The van der Waals surface area contributed by atoms with E-state index in [0.717, 1.165) is 31.5 Å². The van der Waals surface area contributed by atoms with Crippen molar-refractivity contribution in [1.29, 1.82) is 0 Å². The predicted octanol–water partition coefficient (Wildman–Crippen LogP) is 3.09. The Bertz CT molecular complexity index is 725. The molecule has 1 fully saturated rings. The molecule has 0 spiro atoms. The van der Waals surface area contributed by atoms with Crippen LogP contribution in [0.25, 0.3) is 0 Å². The van der Waals surface area contributed by atoms with Crippen LogP contribution in [0.1, 0.15) is 28.8 Å². The number of carbonyl (C=O) groups is 2. The number of likely N-dealkylation sites (tertiary alicyclic amines) is 1. The first-order valence-electron chi connectivity index (χ1n) is 8.34. The highest BCUT2D eigenvalue weighted by atomic mass is 16.5. The van der Waals surface area contributed by atoms with Crippen molar-refractivity contribution in [3.05, 3.63) is 59.8 Å². The Morgan fingerprint density at radius 1 is 1.12 bits per heavy atom. The zero-order valence-electron chi connectivity index (χ0n) is 14.2. The summed E-state index contributed by atoms with van der Waals surface area (Å²) in [5.74, 6) is 0.248. The molecule has 130 valence electrons. The number of rotatable bonds is 4. The number of esters is 1. The highest BCUT2D eigenvalue weighted by Crippen LogP contribution is 2.19. The third kappa shape index (κ3) is 3.96. The minimum atomic E-state index is -0.374. The third-order valence-electron chi connectivity index (χ3n) is 4.25. The molecule has 2 heterocycles. The SMILES string of the molecule is COC(=O)c1ccc(CN(C(=O)N2CCCC2)c2ccccn2)cc1. The highest BCUT2D eigenvalue weighted by molar-refractivity contribution is 5.91. The highest BCUT2D eigenvalue weighted by Gasteiger charge is 2.25. The van der Waals surface area contributed by atoms with Crippen molar-refractivity contribution in [3.8, 4) is 0 Å². The zero-order chi connectivity index (χ0) is 17.6. The largest absolute Gasteiger partial charge is 0.465 e. The molecule has 0 saturated carbocycles.